The topological polar surface area (TPSA) is 73.0 Å². The van der Waals surface area contributed by atoms with Gasteiger partial charge >= 0.3 is 6.03 Å². The van der Waals surface area contributed by atoms with E-state index in [2.05, 4.69) is 0 Å². The van der Waals surface area contributed by atoms with Crippen LogP contribution in [0.3, 0.4) is 0 Å². The average molecular weight is 485 g/mol. The maximum absolute atomic E-state index is 15.4. The number of amides is 2. The Morgan fingerprint density at radius 1 is 1.09 bits per heavy atom. The van der Waals surface area contributed by atoms with Crippen molar-refractivity contribution < 1.29 is 26.4 Å². The van der Waals surface area contributed by atoms with Crippen LogP contribution < -0.4 is 4.72 Å². The van der Waals surface area contributed by atoms with Crippen molar-refractivity contribution in [3.05, 3.63) is 59.9 Å². The number of halogens is 3. The maximum Gasteiger partial charge on any atom is 0.320 e. The lowest BCUT2D eigenvalue weighted by molar-refractivity contribution is -0.00530. The third kappa shape index (κ3) is 5.15. The molecule has 1 saturated heterocycles. The van der Waals surface area contributed by atoms with Crippen LogP contribution in [0.2, 0.25) is 0 Å². The van der Waals surface area contributed by atoms with Gasteiger partial charge in [-0.05, 0) is 17.5 Å². The Kier molecular flexibility index (Phi) is 7.06. The highest BCUT2D eigenvalue weighted by atomic mass is 32.2. The average Bonchev–Trinajstić information content (AvgIpc) is 2.99. The van der Waals surface area contributed by atoms with Crippen molar-refractivity contribution in [1.29, 1.82) is 0 Å². The standard InChI is InChI=1S/C22H27F3N4O3S/c1-27(2)21(30)29-14-22(24,25)20(26-33(31,32)28(3)4)18(29)13-16-11-8-12-17(19(16)23)15-9-6-5-7-10-15/h5-12,18,20,26H,13-14H2,1-4H3/t18-,20+/m0/s1. The molecule has 2 aromatic carbocycles. The molecule has 0 unspecified atom stereocenters. The molecular weight excluding hydrogens is 457 g/mol. The van der Waals surface area contributed by atoms with Crippen LogP contribution in [0.5, 0.6) is 0 Å². The third-order valence-corrected chi connectivity index (χ3v) is 7.11. The predicted octanol–water partition coefficient (Wildman–Crippen LogP) is 2.80. The minimum Gasteiger partial charge on any atom is -0.331 e. The first-order chi connectivity index (χ1) is 15.3. The molecule has 1 N–H and O–H groups in total. The maximum atomic E-state index is 15.4. The van der Waals surface area contributed by atoms with Crippen LogP contribution in [0, 0.1) is 5.82 Å². The van der Waals surface area contributed by atoms with Gasteiger partial charge in [-0.1, -0.05) is 48.5 Å². The fourth-order valence-corrected chi connectivity index (χ4v) is 4.69. The molecular formula is C22H27F3N4O3S. The molecule has 7 nitrogen and oxygen atoms in total. The number of alkyl halides is 2. The van der Waals surface area contributed by atoms with E-state index in [1.54, 1.807) is 42.5 Å². The molecule has 2 amide bonds. The van der Waals surface area contributed by atoms with Crippen molar-refractivity contribution in [2.24, 2.45) is 0 Å². The van der Waals surface area contributed by atoms with E-state index in [9.17, 15) is 13.2 Å². The van der Waals surface area contributed by atoms with E-state index in [1.165, 1.54) is 34.3 Å². The molecule has 11 heteroatoms. The highest BCUT2D eigenvalue weighted by Gasteiger charge is 2.57. The van der Waals surface area contributed by atoms with Crippen molar-refractivity contribution in [3.63, 3.8) is 0 Å². The van der Waals surface area contributed by atoms with Gasteiger partial charge in [-0.2, -0.15) is 17.4 Å². The molecule has 33 heavy (non-hydrogen) atoms. The Hall–Kier alpha value is -2.63. The van der Waals surface area contributed by atoms with E-state index in [-0.39, 0.29) is 17.5 Å². The summed E-state index contributed by atoms with van der Waals surface area (Å²) < 4.78 is 73.0. The first-order valence-corrected chi connectivity index (χ1v) is 11.7. The molecule has 1 fully saturated rings. The summed E-state index contributed by atoms with van der Waals surface area (Å²) in [5, 5.41) is 0. The number of hydrogen-bond donors (Lipinski definition) is 1. The van der Waals surface area contributed by atoms with Gasteiger partial charge in [-0.15, -0.1) is 0 Å². The van der Waals surface area contributed by atoms with Crippen LogP contribution in [0.4, 0.5) is 18.0 Å². The van der Waals surface area contributed by atoms with Gasteiger partial charge < -0.3 is 9.80 Å². The first kappa shape index (κ1) is 25.0. The summed E-state index contributed by atoms with van der Waals surface area (Å²) in [4.78, 5) is 14.7. The fourth-order valence-electron chi connectivity index (χ4n) is 3.83. The smallest absolute Gasteiger partial charge is 0.320 e. The van der Waals surface area contributed by atoms with Crippen molar-refractivity contribution in [1.82, 2.24) is 18.8 Å². The van der Waals surface area contributed by atoms with Gasteiger partial charge in [0.05, 0.1) is 12.6 Å². The molecule has 1 aliphatic heterocycles. The minimum absolute atomic E-state index is 0.102. The van der Waals surface area contributed by atoms with Gasteiger partial charge in [-0.3, -0.25) is 0 Å². The third-order valence-electron chi connectivity index (χ3n) is 5.60. The monoisotopic (exact) mass is 484 g/mol. The van der Waals surface area contributed by atoms with E-state index in [0.29, 0.717) is 5.56 Å². The Bertz CT molecular complexity index is 1110. The molecule has 1 aliphatic rings. The summed E-state index contributed by atoms with van der Waals surface area (Å²) in [5.74, 6) is -4.17. The molecule has 1 heterocycles. The van der Waals surface area contributed by atoms with Crippen LogP contribution in [-0.4, -0.2) is 81.3 Å². The summed E-state index contributed by atoms with van der Waals surface area (Å²) >= 11 is 0. The number of likely N-dealkylation sites (tertiary alicyclic amines) is 1. The minimum atomic E-state index is -4.25. The predicted molar refractivity (Wildman–Crippen MR) is 120 cm³/mol. The molecule has 2 atom stereocenters. The van der Waals surface area contributed by atoms with Crippen LogP contribution in [-0.2, 0) is 16.6 Å². The second-order valence-electron chi connectivity index (χ2n) is 8.37. The normalized spacial score (nSPS) is 20.3. The highest BCUT2D eigenvalue weighted by Crippen LogP contribution is 2.36. The summed E-state index contributed by atoms with van der Waals surface area (Å²) in [6, 6.07) is 9.41. The lowest BCUT2D eigenvalue weighted by atomic mass is 9.95. The number of hydrogen-bond acceptors (Lipinski definition) is 3. The molecule has 0 aromatic heterocycles. The van der Waals surface area contributed by atoms with Crippen molar-refractivity contribution >= 4 is 16.2 Å². The van der Waals surface area contributed by atoms with Crippen LogP contribution in [0.15, 0.2) is 48.5 Å². The summed E-state index contributed by atoms with van der Waals surface area (Å²) in [6.45, 7) is -0.991. The Labute approximate surface area is 192 Å². The van der Waals surface area contributed by atoms with Crippen LogP contribution in [0.25, 0.3) is 11.1 Å². The summed E-state index contributed by atoms with van der Waals surface area (Å²) in [7, 11) is 0.975. The van der Waals surface area contributed by atoms with Gasteiger partial charge in [0, 0.05) is 33.8 Å². The van der Waals surface area contributed by atoms with E-state index < -0.39 is 46.6 Å². The Morgan fingerprint density at radius 2 is 1.73 bits per heavy atom. The molecule has 180 valence electrons. The molecule has 3 rings (SSSR count). The number of carbonyl (C=O) groups excluding carboxylic acids is 1. The van der Waals surface area contributed by atoms with E-state index in [4.69, 9.17) is 0 Å². The molecule has 2 aromatic rings. The summed E-state index contributed by atoms with van der Waals surface area (Å²) in [6.07, 6.45) is -0.303. The number of nitrogens with zero attached hydrogens (tertiary/aromatic N) is 3. The van der Waals surface area contributed by atoms with Gasteiger partial charge in [-0.25, -0.2) is 18.0 Å². The van der Waals surface area contributed by atoms with E-state index in [0.717, 1.165) is 14.1 Å². The lowest BCUT2D eigenvalue weighted by Crippen LogP contribution is -2.55. The zero-order valence-electron chi connectivity index (χ0n) is 18.8. The second-order valence-corrected chi connectivity index (χ2v) is 10.3. The van der Waals surface area contributed by atoms with Crippen molar-refractivity contribution in [2.45, 2.75) is 24.4 Å². The molecule has 0 radical (unpaired) electrons. The zero-order chi connectivity index (χ0) is 24.6. The van der Waals surface area contributed by atoms with Crippen LogP contribution >= 0.6 is 0 Å². The number of carbonyl (C=O) groups is 1. The fraction of sp³-hybridized carbons (Fsp3) is 0.409. The molecule has 0 saturated carbocycles. The van der Waals surface area contributed by atoms with E-state index >= 15 is 13.2 Å². The highest BCUT2D eigenvalue weighted by molar-refractivity contribution is 7.87. The number of urea groups is 1. The van der Waals surface area contributed by atoms with Crippen molar-refractivity contribution in [3.8, 4) is 11.1 Å². The van der Waals surface area contributed by atoms with Crippen molar-refractivity contribution in [2.75, 3.05) is 34.7 Å². The number of rotatable bonds is 6. The van der Waals surface area contributed by atoms with Gasteiger partial charge in [0.1, 0.15) is 11.9 Å². The second kappa shape index (κ2) is 9.32. The SMILES string of the molecule is CN(C)C(=O)N1CC(F)(F)[C@H](NS(=O)(=O)N(C)C)[C@@H]1Cc1cccc(-c2ccccc2)c1F. The quantitative estimate of drug-likeness (QED) is 0.686. The zero-order valence-corrected chi connectivity index (χ0v) is 19.6. The molecule has 0 spiro atoms. The molecule has 0 bridgehead atoms. The van der Waals surface area contributed by atoms with Gasteiger partial charge in [0.25, 0.3) is 16.1 Å². The number of nitrogens with one attached hydrogen (secondary N) is 1. The Morgan fingerprint density at radius 3 is 2.30 bits per heavy atom. The number of benzene rings is 2. The Balaban J connectivity index is 2.05. The van der Waals surface area contributed by atoms with Gasteiger partial charge in [0.15, 0.2) is 0 Å². The summed E-state index contributed by atoms with van der Waals surface area (Å²) in [5.41, 5.74) is 0.998. The largest absolute Gasteiger partial charge is 0.331 e. The lowest BCUT2D eigenvalue weighted by Gasteiger charge is -2.30. The first-order valence-electron chi connectivity index (χ1n) is 10.2. The molecule has 0 aliphatic carbocycles. The van der Waals surface area contributed by atoms with E-state index in [1.807, 2.05) is 4.72 Å². The van der Waals surface area contributed by atoms with Crippen LogP contribution in [0.1, 0.15) is 5.56 Å². The van der Waals surface area contributed by atoms with Gasteiger partial charge in [0.2, 0.25) is 0 Å².